The van der Waals surface area contributed by atoms with E-state index < -0.39 is 0 Å². The number of aromatic nitrogens is 2. The minimum Gasteiger partial charge on any atom is -0.330 e. The zero-order valence-electron chi connectivity index (χ0n) is 10.7. The van der Waals surface area contributed by atoms with Crippen LogP contribution in [0, 0.1) is 21.9 Å². The number of hydrogen-bond acceptors (Lipinski definition) is 1. The van der Waals surface area contributed by atoms with Gasteiger partial charge in [0.25, 0.3) is 0 Å². The Morgan fingerprint density at radius 2 is 2.17 bits per heavy atom. The highest BCUT2D eigenvalue weighted by molar-refractivity contribution is 7.71. The van der Waals surface area contributed by atoms with Gasteiger partial charge in [0.15, 0.2) is 4.77 Å². The van der Waals surface area contributed by atoms with Gasteiger partial charge in [0.1, 0.15) is 5.82 Å². The lowest BCUT2D eigenvalue weighted by Gasteiger charge is -2.20. The van der Waals surface area contributed by atoms with E-state index in [9.17, 15) is 4.39 Å². The van der Waals surface area contributed by atoms with Gasteiger partial charge in [-0.2, -0.15) is 0 Å². The van der Waals surface area contributed by atoms with Crippen LogP contribution in [0.1, 0.15) is 26.7 Å². The molecule has 0 spiro atoms. The quantitative estimate of drug-likeness (QED) is 0.821. The van der Waals surface area contributed by atoms with Gasteiger partial charge in [-0.05, 0) is 54.6 Å². The second-order valence-electron chi connectivity index (χ2n) is 5.69. The Morgan fingerprint density at radius 3 is 2.78 bits per heavy atom. The second-order valence-corrected chi connectivity index (χ2v) is 6.08. The molecule has 1 aliphatic rings. The minimum absolute atomic E-state index is 0.226. The van der Waals surface area contributed by atoms with E-state index in [0.29, 0.717) is 16.1 Å². The number of benzene rings is 1. The fourth-order valence-electron chi connectivity index (χ4n) is 2.69. The van der Waals surface area contributed by atoms with Crippen LogP contribution in [0.5, 0.6) is 0 Å². The first kappa shape index (κ1) is 11.9. The topological polar surface area (TPSA) is 20.7 Å². The number of rotatable bonds is 3. The molecular weight excluding hydrogens is 247 g/mol. The summed E-state index contributed by atoms with van der Waals surface area (Å²) < 4.78 is 16.0. The molecule has 2 nitrogen and oxygen atoms in total. The number of aromatic amines is 1. The van der Waals surface area contributed by atoms with E-state index in [1.807, 2.05) is 6.07 Å². The highest BCUT2D eigenvalue weighted by atomic mass is 32.1. The summed E-state index contributed by atoms with van der Waals surface area (Å²) in [7, 11) is 0. The van der Waals surface area contributed by atoms with Crippen LogP contribution in [0.15, 0.2) is 18.2 Å². The van der Waals surface area contributed by atoms with Crippen molar-refractivity contribution in [3.8, 4) is 0 Å². The van der Waals surface area contributed by atoms with E-state index in [1.165, 1.54) is 25.0 Å². The Hall–Kier alpha value is -1.16. The normalized spacial score (nSPS) is 17.6. The maximum atomic E-state index is 13.2. The van der Waals surface area contributed by atoms with Crippen molar-refractivity contribution >= 4 is 23.3 Å². The van der Waals surface area contributed by atoms with Gasteiger partial charge in [-0.25, -0.2) is 4.39 Å². The summed E-state index contributed by atoms with van der Waals surface area (Å²) in [5.74, 6) is 0.431. The molecule has 1 N–H and O–H groups in total. The standard InChI is InChI=1S/C14H17FN2S/c1-9(2)14(5-6-14)8-17-12-4-3-10(15)7-11(12)16-13(17)18/h3-4,7,9H,5-6,8H2,1-2H3,(H,16,18). The summed E-state index contributed by atoms with van der Waals surface area (Å²) in [6, 6.07) is 4.82. The maximum Gasteiger partial charge on any atom is 0.178 e. The zero-order valence-corrected chi connectivity index (χ0v) is 11.5. The van der Waals surface area contributed by atoms with Crippen LogP contribution in [0.2, 0.25) is 0 Å². The van der Waals surface area contributed by atoms with Crippen LogP contribution >= 0.6 is 12.2 Å². The van der Waals surface area contributed by atoms with Gasteiger partial charge in [-0.3, -0.25) is 0 Å². The first-order valence-electron chi connectivity index (χ1n) is 6.40. The lowest BCUT2D eigenvalue weighted by atomic mass is 9.92. The van der Waals surface area contributed by atoms with Crippen LogP contribution in [-0.2, 0) is 6.54 Å². The monoisotopic (exact) mass is 264 g/mol. The third kappa shape index (κ3) is 1.79. The Balaban J connectivity index is 2.07. The van der Waals surface area contributed by atoms with E-state index >= 15 is 0 Å². The van der Waals surface area contributed by atoms with Crippen LogP contribution in [0.3, 0.4) is 0 Å². The minimum atomic E-state index is -0.226. The summed E-state index contributed by atoms with van der Waals surface area (Å²) in [6.45, 7) is 5.48. The summed E-state index contributed by atoms with van der Waals surface area (Å²) in [6.07, 6.45) is 2.53. The summed E-state index contributed by atoms with van der Waals surface area (Å²) in [5.41, 5.74) is 2.19. The van der Waals surface area contributed by atoms with E-state index in [-0.39, 0.29) is 5.82 Å². The van der Waals surface area contributed by atoms with E-state index in [2.05, 4.69) is 23.4 Å². The molecule has 0 unspecified atom stereocenters. The predicted molar refractivity (Wildman–Crippen MR) is 73.6 cm³/mol. The van der Waals surface area contributed by atoms with Crippen molar-refractivity contribution in [1.82, 2.24) is 9.55 Å². The molecule has 4 heteroatoms. The van der Waals surface area contributed by atoms with Crippen molar-refractivity contribution in [1.29, 1.82) is 0 Å². The molecule has 1 fully saturated rings. The lowest BCUT2D eigenvalue weighted by molar-refractivity contribution is 0.311. The fourth-order valence-corrected chi connectivity index (χ4v) is 2.96. The van der Waals surface area contributed by atoms with Crippen molar-refractivity contribution in [2.24, 2.45) is 11.3 Å². The Bertz CT molecular complexity index is 649. The number of nitrogens with zero attached hydrogens (tertiary/aromatic N) is 1. The van der Waals surface area contributed by atoms with Gasteiger partial charge in [0.05, 0.1) is 11.0 Å². The number of fused-ring (bicyclic) bond motifs is 1. The summed E-state index contributed by atoms with van der Waals surface area (Å²) in [5, 5.41) is 0. The molecular formula is C14H17FN2S. The first-order valence-corrected chi connectivity index (χ1v) is 6.81. The number of nitrogens with one attached hydrogen (secondary N) is 1. The van der Waals surface area contributed by atoms with E-state index in [4.69, 9.17) is 12.2 Å². The van der Waals surface area contributed by atoms with Gasteiger partial charge in [0, 0.05) is 6.54 Å². The van der Waals surface area contributed by atoms with Crippen LogP contribution in [0.4, 0.5) is 4.39 Å². The molecule has 0 saturated heterocycles. The molecule has 0 aliphatic heterocycles. The first-order chi connectivity index (χ1) is 8.52. The molecule has 1 aromatic carbocycles. The van der Waals surface area contributed by atoms with E-state index in [0.717, 1.165) is 17.6 Å². The lowest BCUT2D eigenvalue weighted by Crippen LogP contribution is -2.17. The fraction of sp³-hybridized carbons (Fsp3) is 0.500. The van der Waals surface area contributed by atoms with Crippen molar-refractivity contribution in [2.45, 2.75) is 33.2 Å². The Morgan fingerprint density at radius 1 is 1.44 bits per heavy atom. The highest BCUT2D eigenvalue weighted by Crippen LogP contribution is 2.53. The average molecular weight is 264 g/mol. The molecule has 0 bridgehead atoms. The maximum absolute atomic E-state index is 13.2. The molecule has 18 heavy (non-hydrogen) atoms. The largest absolute Gasteiger partial charge is 0.330 e. The molecule has 1 aromatic heterocycles. The Kier molecular flexibility index (Phi) is 2.59. The molecule has 1 heterocycles. The van der Waals surface area contributed by atoms with Crippen molar-refractivity contribution < 1.29 is 4.39 Å². The molecule has 1 saturated carbocycles. The average Bonchev–Trinajstić information content (AvgIpc) is 3.02. The van der Waals surface area contributed by atoms with Crippen LogP contribution in [0.25, 0.3) is 11.0 Å². The van der Waals surface area contributed by atoms with Gasteiger partial charge in [-0.15, -0.1) is 0 Å². The van der Waals surface area contributed by atoms with Crippen molar-refractivity contribution in [2.75, 3.05) is 0 Å². The number of H-pyrrole nitrogens is 1. The van der Waals surface area contributed by atoms with Gasteiger partial charge >= 0.3 is 0 Å². The molecule has 1 aliphatic carbocycles. The third-order valence-corrected chi connectivity index (χ3v) is 4.65. The predicted octanol–water partition coefficient (Wildman–Crippen LogP) is 4.27. The molecule has 96 valence electrons. The molecule has 0 amide bonds. The van der Waals surface area contributed by atoms with Gasteiger partial charge in [0.2, 0.25) is 0 Å². The Labute approximate surface area is 111 Å². The summed E-state index contributed by atoms with van der Waals surface area (Å²) >= 11 is 5.36. The van der Waals surface area contributed by atoms with Gasteiger partial charge < -0.3 is 9.55 Å². The molecule has 3 rings (SSSR count). The van der Waals surface area contributed by atoms with Crippen LogP contribution < -0.4 is 0 Å². The SMILES string of the molecule is CC(C)C1(Cn2c(=S)[nH]c3cc(F)ccc32)CC1. The number of imidazole rings is 1. The summed E-state index contributed by atoms with van der Waals surface area (Å²) in [4.78, 5) is 3.09. The van der Waals surface area contributed by atoms with Crippen LogP contribution in [-0.4, -0.2) is 9.55 Å². The number of hydrogen-bond donors (Lipinski definition) is 1. The molecule has 2 aromatic rings. The third-order valence-electron chi connectivity index (χ3n) is 4.33. The molecule has 0 atom stereocenters. The van der Waals surface area contributed by atoms with Crippen molar-refractivity contribution in [3.05, 3.63) is 28.8 Å². The van der Waals surface area contributed by atoms with Gasteiger partial charge in [-0.1, -0.05) is 13.8 Å². The zero-order chi connectivity index (χ0) is 12.9. The smallest absolute Gasteiger partial charge is 0.178 e. The highest BCUT2D eigenvalue weighted by Gasteiger charge is 2.45. The molecule has 0 radical (unpaired) electrons. The van der Waals surface area contributed by atoms with E-state index in [1.54, 1.807) is 0 Å². The van der Waals surface area contributed by atoms with Crippen molar-refractivity contribution in [3.63, 3.8) is 0 Å². The number of halogens is 1. The second kappa shape index (κ2) is 3.92.